The van der Waals surface area contributed by atoms with E-state index in [1.54, 1.807) is 0 Å². The molecule has 0 amide bonds. The van der Waals surface area contributed by atoms with Crippen LogP contribution in [0.2, 0.25) is 0 Å². The molecule has 0 fully saturated rings. The Morgan fingerprint density at radius 2 is 2.00 bits per heavy atom. The molecule has 0 aromatic carbocycles. The van der Waals surface area contributed by atoms with Gasteiger partial charge in [-0.1, -0.05) is 13.8 Å². The molecule has 0 aromatic rings. The molecule has 43 valence electrons. The fourth-order valence-electron chi connectivity index (χ4n) is 0.192. The van der Waals surface area contributed by atoms with Crippen molar-refractivity contribution in [1.29, 1.82) is 0 Å². The summed E-state index contributed by atoms with van der Waals surface area (Å²) in [5.74, 6) is 0.109. The van der Waals surface area contributed by atoms with Crippen molar-refractivity contribution in [3.05, 3.63) is 0 Å². The molecule has 0 saturated heterocycles. The van der Waals surface area contributed by atoms with Gasteiger partial charge >= 0.3 is 0 Å². The zero-order valence-corrected chi connectivity index (χ0v) is 4.72. The second kappa shape index (κ2) is 2.99. The lowest BCUT2D eigenvalue weighted by Gasteiger charge is -2.07. The zero-order chi connectivity index (χ0) is 5.86. The molecule has 2 heteroatoms. The monoisotopic (exact) mass is 103 g/mol. The van der Waals surface area contributed by atoms with E-state index in [9.17, 15) is 5.11 Å². The van der Waals surface area contributed by atoms with Gasteiger partial charge in [-0.15, -0.1) is 0 Å². The predicted octanol–water partition coefficient (Wildman–Crippen LogP) is 0.434. The van der Waals surface area contributed by atoms with E-state index in [1.807, 2.05) is 13.8 Å². The first-order valence-corrected chi connectivity index (χ1v) is 2.44. The fourth-order valence-corrected chi connectivity index (χ4v) is 0.192. The molecule has 0 rings (SSSR count). The summed E-state index contributed by atoms with van der Waals surface area (Å²) in [6.07, 6.45) is -0.653. The number of hydrogen-bond acceptors (Lipinski definition) is 1. The van der Waals surface area contributed by atoms with Gasteiger partial charge in [0.2, 0.25) is 0 Å². The summed E-state index contributed by atoms with van der Waals surface area (Å²) in [4.78, 5) is 0. The van der Waals surface area contributed by atoms with E-state index in [2.05, 4.69) is 0 Å². The molecule has 0 unspecified atom stereocenters. The van der Waals surface area contributed by atoms with E-state index >= 15 is 0 Å². The van der Waals surface area contributed by atoms with Crippen LogP contribution in [0.1, 0.15) is 13.8 Å². The van der Waals surface area contributed by atoms with Gasteiger partial charge in [-0.2, -0.15) is 0 Å². The van der Waals surface area contributed by atoms with Gasteiger partial charge in [0.15, 0.2) is 0 Å². The van der Waals surface area contributed by atoms with Crippen LogP contribution in [0.4, 0.5) is 0 Å². The first kappa shape index (κ1) is 6.92. The van der Waals surface area contributed by atoms with Crippen LogP contribution in [0, 0.1) is 5.92 Å². The molecule has 0 aliphatic heterocycles. The van der Waals surface area contributed by atoms with E-state index in [0.717, 1.165) is 0 Å². The Kier molecular flexibility index (Phi) is 2.96. The van der Waals surface area contributed by atoms with Crippen molar-refractivity contribution >= 4 is 0 Å². The minimum atomic E-state index is -0.653. The summed E-state index contributed by atoms with van der Waals surface area (Å²) >= 11 is 0. The minimum absolute atomic E-state index is 0.109. The lowest BCUT2D eigenvalue weighted by atomic mass is 10.1. The van der Waals surface area contributed by atoms with E-state index in [-0.39, 0.29) is 12.5 Å². The summed E-state index contributed by atoms with van der Waals surface area (Å²) in [5, 5.41) is 18.4. The quantitative estimate of drug-likeness (QED) is 0.541. The van der Waals surface area contributed by atoms with Gasteiger partial charge in [-0.3, -0.25) is 0 Å². The standard InChI is InChI=1S/C5H11O2/c1-4(2)5(7)3-6/h4-5,7H,3H2,1-2H3/t5-/m1/s1. The highest BCUT2D eigenvalue weighted by Crippen LogP contribution is 1.97. The highest BCUT2D eigenvalue weighted by molar-refractivity contribution is 4.54. The van der Waals surface area contributed by atoms with Crippen LogP contribution in [-0.2, 0) is 5.11 Å². The van der Waals surface area contributed by atoms with E-state index in [4.69, 9.17) is 5.11 Å². The van der Waals surface area contributed by atoms with Crippen molar-refractivity contribution in [3.63, 3.8) is 0 Å². The molecule has 1 N–H and O–H groups in total. The molecule has 0 bridgehead atoms. The largest absolute Gasteiger partial charge is 0.390 e. The normalized spacial score (nSPS) is 15.0. The van der Waals surface area contributed by atoms with Crippen LogP contribution in [0.3, 0.4) is 0 Å². The molecule has 0 aliphatic rings. The summed E-state index contributed by atoms with van der Waals surface area (Å²) in [6.45, 7) is 3.27. The molecular formula is C5H11O2. The molecular weight excluding hydrogens is 92.1 g/mol. The Labute approximate surface area is 43.8 Å². The Morgan fingerprint density at radius 3 is 2.00 bits per heavy atom. The summed E-state index contributed by atoms with van der Waals surface area (Å²) in [6, 6.07) is 0. The third kappa shape index (κ3) is 2.60. The molecule has 7 heavy (non-hydrogen) atoms. The Morgan fingerprint density at radius 1 is 1.57 bits per heavy atom. The van der Waals surface area contributed by atoms with Crippen LogP contribution in [0.15, 0.2) is 0 Å². The SMILES string of the molecule is CC(C)[C@H](O)C[O]. The lowest BCUT2D eigenvalue weighted by molar-refractivity contribution is 0.0269. The van der Waals surface area contributed by atoms with Crippen molar-refractivity contribution in [1.82, 2.24) is 0 Å². The summed E-state index contributed by atoms with van der Waals surface area (Å²) < 4.78 is 0. The molecule has 0 spiro atoms. The zero-order valence-electron chi connectivity index (χ0n) is 4.72. The van der Waals surface area contributed by atoms with Crippen molar-refractivity contribution in [2.24, 2.45) is 5.92 Å². The van der Waals surface area contributed by atoms with Crippen LogP contribution in [0.25, 0.3) is 0 Å². The van der Waals surface area contributed by atoms with E-state index in [0.29, 0.717) is 0 Å². The van der Waals surface area contributed by atoms with E-state index < -0.39 is 6.10 Å². The third-order valence-corrected chi connectivity index (χ3v) is 0.940. The van der Waals surface area contributed by atoms with Gasteiger partial charge in [-0.05, 0) is 5.92 Å². The predicted molar refractivity (Wildman–Crippen MR) is 26.4 cm³/mol. The molecule has 0 aromatic heterocycles. The lowest BCUT2D eigenvalue weighted by Crippen LogP contribution is -2.17. The second-order valence-corrected chi connectivity index (χ2v) is 1.98. The molecule has 0 saturated carbocycles. The topological polar surface area (TPSA) is 40.1 Å². The second-order valence-electron chi connectivity index (χ2n) is 1.98. The number of aliphatic hydroxyl groups is 1. The molecule has 2 nitrogen and oxygen atoms in total. The van der Waals surface area contributed by atoms with Gasteiger partial charge < -0.3 is 5.11 Å². The first-order chi connectivity index (χ1) is 3.18. The van der Waals surface area contributed by atoms with Gasteiger partial charge in [0.25, 0.3) is 0 Å². The average Bonchev–Trinajstić information content (AvgIpc) is 1.65. The first-order valence-electron chi connectivity index (χ1n) is 2.44. The maximum atomic E-state index is 9.82. The van der Waals surface area contributed by atoms with Gasteiger partial charge in [0.1, 0.15) is 6.61 Å². The van der Waals surface area contributed by atoms with E-state index in [1.165, 1.54) is 0 Å². The van der Waals surface area contributed by atoms with Crippen molar-refractivity contribution in [2.75, 3.05) is 6.61 Å². The Hall–Kier alpha value is -0.0800. The molecule has 1 radical (unpaired) electrons. The Balaban J connectivity index is 3.14. The number of rotatable bonds is 2. The fraction of sp³-hybridized carbons (Fsp3) is 1.00. The third-order valence-electron chi connectivity index (χ3n) is 0.940. The van der Waals surface area contributed by atoms with Crippen molar-refractivity contribution in [2.45, 2.75) is 20.0 Å². The highest BCUT2D eigenvalue weighted by atomic mass is 16.3. The average molecular weight is 103 g/mol. The maximum absolute atomic E-state index is 9.82. The van der Waals surface area contributed by atoms with Crippen LogP contribution < -0.4 is 0 Å². The minimum Gasteiger partial charge on any atom is -0.390 e. The summed E-state index contributed by atoms with van der Waals surface area (Å²) in [7, 11) is 0. The molecule has 0 aliphatic carbocycles. The highest BCUT2D eigenvalue weighted by Gasteiger charge is 2.05. The van der Waals surface area contributed by atoms with Gasteiger partial charge in [0, 0.05) is 0 Å². The summed E-state index contributed by atoms with van der Waals surface area (Å²) in [5.41, 5.74) is 0. The van der Waals surface area contributed by atoms with Crippen LogP contribution >= 0.6 is 0 Å². The molecule has 1 atom stereocenters. The molecule has 0 heterocycles. The van der Waals surface area contributed by atoms with Gasteiger partial charge in [-0.25, -0.2) is 5.11 Å². The Bertz CT molecular complexity index is 43.3. The van der Waals surface area contributed by atoms with Crippen LogP contribution in [-0.4, -0.2) is 17.8 Å². The smallest absolute Gasteiger partial charge is 0.108 e. The number of hydrogen-bond donors (Lipinski definition) is 1. The number of aliphatic hydroxyl groups excluding tert-OH is 1. The van der Waals surface area contributed by atoms with Crippen LogP contribution in [0.5, 0.6) is 0 Å². The van der Waals surface area contributed by atoms with Crippen molar-refractivity contribution in [3.8, 4) is 0 Å². The van der Waals surface area contributed by atoms with Crippen molar-refractivity contribution < 1.29 is 10.2 Å². The maximum Gasteiger partial charge on any atom is 0.108 e. The van der Waals surface area contributed by atoms with Gasteiger partial charge in [0.05, 0.1) is 6.10 Å².